The number of aromatic amines is 1. The molecule has 0 atom stereocenters. The smallest absolute Gasteiger partial charge is 0.303 e. The maximum Gasteiger partial charge on any atom is 0.303 e. The van der Waals surface area contributed by atoms with Crippen molar-refractivity contribution in [1.29, 1.82) is 0 Å². The van der Waals surface area contributed by atoms with E-state index in [9.17, 15) is 9.59 Å². The summed E-state index contributed by atoms with van der Waals surface area (Å²) in [4.78, 5) is 21.0. The van der Waals surface area contributed by atoms with Crippen LogP contribution >= 0.6 is 0 Å². The fraction of sp³-hybridized carbons (Fsp3) is 0.444. The van der Waals surface area contributed by atoms with E-state index in [1.807, 2.05) is 0 Å². The maximum absolute atomic E-state index is 10.8. The van der Waals surface area contributed by atoms with Crippen molar-refractivity contribution in [2.75, 3.05) is 0 Å². The Morgan fingerprint density at radius 2 is 2.29 bits per heavy atom. The highest BCUT2D eigenvalue weighted by Crippen LogP contribution is 2.02. The minimum Gasteiger partial charge on any atom is -0.481 e. The lowest BCUT2D eigenvalue weighted by molar-refractivity contribution is -0.137. The Kier molecular flexibility index (Phi) is 3.84. The molecule has 0 aromatic carbocycles. The zero-order valence-electron chi connectivity index (χ0n) is 7.69. The van der Waals surface area contributed by atoms with Gasteiger partial charge in [0.05, 0.1) is 6.20 Å². The molecule has 2 N–H and O–H groups in total. The Labute approximate surface area is 80.8 Å². The van der Waals surface area contributed by atoms with Gasteiger partial charge in [0.2, 0.25) is 0 Å². The fourth-order valence-electron chi connectivity index (χ4n) is 1.16. The molecule has 0 aliphatic carbocycles. The first kappa shape index (κ1) is 10.4. The number of carboxylic acids is 1. The number of nitrogens with zero attached hydrogens (tertiary/aromatic N) is 1. The second-order valence-electron chi connectivity index (χ2n) is 3.05. The summed E-state index contributed by atoms with van der Waals surface area (Å²) in [5.41, 5.74) is 0.625. The standard InChI is InChI=1S/C9H12N2O3/c12-8-5-7(6-10-11-8)3-1-2-4-9(13)14/h5-6H,1-4H2,(H,11,12)(H,13,14). The molecule has 1 rings (SSSR count). The number of aliphatic carboxylic acids is 1. The normalized spacial score (nSPS) is 10.0. The van der Waals surface area contributed by atoms with Gasteiger partial charge < -0.3 is 5.11 Å². The minimum absolute atomic E-state index is 0.177. The van der Waals surface area contributed by atoms with Crippen LogP contribution < -0.4 is 5.56 Å². The van der Waals surface area contributed by atoms with Gasteiger partial charge in [0, 0.05) is 12.5 Å². The summed E-state index contributed by atoms with van der Waals surface area (Å²) in [7, 11) is 0. The Bertz CT molecular complexity index is 359. The topological polar surface area (TPSA) is 83.0 Å². The number of unbranched alkanes of at least 4 members (excludes halogenated alkanes) is 1. The third-order valence-corrected chi connectivity index (χ3v) is 1.83. The predicted octanol–water partition coefficient (Wildman–Crippen LogP) is 0.567. The van der Waals surface area contributed by atoms with E-state index >= 15 is 0 Å². The molecule has 76 valence electrons. The highest BCUT2D eigenvalue weighted by molar-refractivity contribution is 5.66. The summed E-state index contributed by atoms with van der Waals surface area (Å²) in [6, 6.07) is 1.48. The van der Waals surface area contributed by atoms with Gasteiger partial charge in [-0.2, -0.15) is 5.10 Å². The lowest BCUT2D eigenvalue weighted by atomic mass is 10.1. The number of hydrogen-bond acceptors (Lipinski definition) is 3. The van der Waals surface area contributed by atoms with E-state index in [1.54, 1.807) is 6.20 Å². The molecule has 5 nitrogen and oxygen atoms in total. The molecule has 5 heteroatoms. The minimum atomic E-state index is -0.783. The van der Waals surface area contributed by atoms with Crippen LogP contribution in [0, 0.1) is 0 Å². The number of H-pyrrole nitrogens is 1. The van der Waals surface area contributed by atoms with Crippen LogP contribution in [-0.4, -0.2) is 21.3 Å². The SMILES string of the molecule is O=C(O)CCCCc1cn[nH]c(=O)c1. The summed E-state index contributed by atoms with van der Waals surface area (Å²) in [6.07, 6.45) is 3.85. The van der Waals surface area contributed by atoms with Crippen molar-refractivity contribution in [3.8, 4) is 0 Å². The third kappa shape index (κ3) is 3.84. The summed E-state index contributed by atoms with van der Waals surface area (Å²) in [5.74, 6) is -0.783. The molecule has 0 saturated heterocycles. The number of aromatic nitrogens is 2. The van der Waals surface area contributed by atoms with E-state index in [0.717, 1.165) is 12.0 Å². The van der Waals surface area contributed by atoms with Gasteiger partial charge in [-0.15, -0.1) is 0 Å². The Morgan fingerprint density at radius 3 is 2.93 bits per heavy atom. The Balaban J connectivity index is 2.31. The van der Waals surface area contributed by atoms with E-state index in [-0.39, 0.29) is 12.0 Å². The lowest BCUT2D eigenvalue weighted by Gasteiger charge is -1.97. The molecule has 0 saturated carbocycles. The van der Waals surface area contributed by atoms with Crippen LogP contribution in [0.3, 0.4) is 0 Å². The van der Waals surface area contributed by atoms with Crippen LogP contribution in [-0.2, 0) is 11.2 Å². The molecule has 0 fully saturated rings. The summed E-state index contributed by atoms with van der Waals surface area (Å²) < 4.78 is 0. The van der Waals surface area contributed by atoms with Crippen molar-refractivity contribution in [2.24, 2.45) is 0 Å². The van der Waals surface area contributed by atoms with Crippen LogP contribution in [0.15, 0.2) is 17.1 Å². The summed E-state index contributed by atoms with van der Waals surface area (Å²) in [5, 5.41) is 14.3. The van der Waals surface area contributed by atoms with Crippen molar-refractivity contribution in [2.45, 2.75) is 25.7 Å². The van der Waals surface area contributed by atoms with Crippen molar-refractivity contribution in [3.05, 3.63) is 28.2 Å². The molecule has 0 aliphatic rings. The first-order valence-corrected chi connectivity index (χ1v) is 4.44. The van der Waals surface area contributed by atoms with Crippen molar-refractivity contribution < 1.29 is 9.90 Å². The fourth-order valence-corrected chi connectivity index (χ4v) is 1.16. The molecule has 14 heavy (non-hydrogen) atoms. The summed E-state index contributed by atoms with van der Waals surface area (Å²) in [6.45, 7) is 0. The number of rotatable bonds is 5. The van der Waals surface area contributed by atoms with Crippen LogP contribution in [0.2, 0.25) is 0 Å². The molecule has 1 aromatic rings. The molecule has 0 spiro atoms. The first-order valence-electron chi connectivity index (χ1n) is 4.44. The van der Waals surface area contributed by atoms with Gasteiger partial charge in [-0.1, -0.05) is 0 Å². The molecular formula is C9H12N2O3. The second-order valence-corrected chi connectivity index (χ2v) is 3.05. The average Bonchev–Trinajstić information content (AvgIpc) is 2.12. The molecule has 0 aliphatic heterocycles. The molecule has 0 unspecified atom stereocenters. The van der Waals surface area contributed by atoms with Crippen LogP contribution in [0.25, 0.3) is 0 Å². The van der Waals surface area contributed by atoms with Gasteiger partial charge in [-0.25, -0.2) is 5.10 Å². The number of carboxylic acid groups (broad SMARTS) is 1. The van der Waals surface area contributed by atoms with Crippen molar-refractivity contribution in [1.82, 2.24) is 10.2 Å². The molecular weight excluding hydrogens is 184 g/mol. The molecule has 1 heterocycles. The monoisotopic (exact) mass is 196 g/mol. The zero-order valence-corrected chi connectivity index (χ0v) is 7.69. The van der Waals surface area contributed by atoms with Crippen LogP contribution in [0.5, 0.6) is 0 Å². The number of carbonyl (C=O) groups is 1. The van der Waals surface area contributed by atoms with Crippen LogP contribution in [0.1, 0.15) is 24.8 Å². The lowest BCUT2D eigenvalue weighted by Crippen LogP contribution is -2.07. The predicted molar refractivity (Wildman–Crippen MR) is 50.0 cm³/mol. The molecule has 0 radical (unpaired) electrons. The van der Waals surface area contributed by atoms with E-state index in [0.29, 0.717) is 12.8 Å². The first-order chi connectivity index (χ1) is 6.68. The van der Waals surface area contributed by atoms with Gasteiger partial charge in [0.15, 0.2) is 0 Å². The van der Waals surface area contributed by atoms with Gasteiger partial charge in [-0.05, 0) is 24.8 Å². The molecule has 0 amide bonds. The average molecular weight is 196 g/mol. The van der Waals surface area contributed by atoms with Crippen molar-refractivity contribution in [3.63, 3.8) is 0 Å². The number of aryl methyl sites for hydroxylation is 1. The maximum atomic E-state index is 10.8. The number of nitrogens with one attached hydrogen (secondary N) is 1. The van der Waals surface area contributed by atoms with E-state index < -0.39 is 5.97 Å². The van der Waals surface area contributed by atoms with E-state index in [2.05, 4.69) is 10.2 Å². The van der Waals surface area contributed by atoms with E-state index in [4.69, 9.17) is 5.11 Å². The zero-order chi connectivity index (χ0) is 10.4. The second kappa shape index (κ2) is 5.16. The van der Waals surface area contributed by atoms with Crippen molar-refractivity contribution >= 4 is 5.97 Å². The quantitative estimate of drug-likeness (QED) is 0.674. The Morgan fingerprint density at radius 1 is 1.50 bits per heavy atom. The molecule has 0 bridgehead atoms. The van der Waals surface area contributed by atoms with Gasteiger partial charge in [0.1, 0.15) is 0 Å². The Hall–Kier alpha value is -1.65. The van der Waals surface area contributed by atoms with Gasteiger partial charge >= 0.3 is 5.97 Å². The van der Waals surface area contributed by atoms with Gasteiger partial charge in [0.25, 0.3) is 5.56 Å². The molecule has 1 aromatic heterocycles. The van der Waals surface area contributed by atoms with Gasteiger partial charge in [-0.3, -0.25) is 9.59 Å². The highest BCUT2D eigenvalue weighted by atomic mass is 16.4. The highest BCUT2D eigenvalue weighted by Gasteiger charge is 1.98. The van der Waals surface area contributed by atoms with Crippen LogP contribution in [0.4, 0.5) is 0 Å². The number of hydrogen-bond donors (Lipinski definition) is 2. The third-order valence-electron chi connectivity index (χ3n) is 1.83. The summed E-state index contributed by atoms with van der Waals surface area (Å²) >= 11 is 0. The van der Waals surface area contributed by atoms with E-state index in [1.165, 1.54) is 6.07 Å². The largest absolute Gasteiger partial charge is 0.481 e.